The van der Waals surface area contributed by atoms with Gasteiger partial charge in [-0.25, -0.2) is 14.7 Å². The monoisotopic (exact) mass is 621 g/mol. The van der Waals surface area contributed by atoms with E-state index in [4.69, 9.17) is 11.6 Å². The van der Waals surface area contributed by atoms with Gasteiger partial charge in [0, 0.05) is 5.56 Å². The van der Waals surface area contributed by atoms with Crippen molar-refractivity contribution in [3.8, 4) is 0 Å². The van der Waals surface area contributed by atoms with Crippen LogP contribution in [0.1, 0.15) is 29.2 Å². The average Bonchev–Trinajstić information content (AvgIpc) is 3.26. The van der Waals surface area contributed by atoms with Crippen LogP contribution in [-0.2, 0) is 22.6 Å². The van der Waals surface area contributed by atoms with Crippen molar-refractivity contribution in [3.05, 3.63) is 100 Å². The fourth-order valence-electron chi connectivity index (χ4n) is 4.41. The molecule has 1 aliphatic heterocycles. The molecule has 1 unspecified atom stereocenters. The molecular weight excluding hydrogens is 605 g/mol. The first-order valence-electron chi connectivity index (χ1n) is 11.8. The molecule has 3 aromatic rings. The lowest BCUT2D eigenvalue weighted by molar-refractivity contribution is -0.169. The molecule has 0 N–H and O–H groups in total. The molecule has 3 amide bonds. The van der Waals surface area contributed by atoms with E-state index in [1.807, 2.05) is 0 Å². The Hall–Kier alpha value is -4.07. The number of amides is 3. The van der Waals surface area contributed by atoms with Crippen molar-refractivity contribution in [3.63, 3.8) is 0 Å². The Kier molecular flexibility index (Phi) is 7.82. The lowest BCUT2D eigenvalue weighted by atomic mass is 9.76. The summed E-state index contributed by atoms with van der Waals surface area (Å²) >= 11 is 5.88. The molecule has 0 radical (unpaired) electrons. The highest BCUT2D eigenvalue weighted by atomic mass is 35.5. The number of carbonyl (C=O) groups is 2. The lowest BCUT2D eigenvalue weighted by Crippen LogP contribution is -2.50. The van der Waals surface area contributed by atoms with E-state index in [9.17, 15) is 49.1 Å². The largest absolute Gasteiger partial charge is 0.472 e. The van der Waals surface area contributed by atoms with Crippen molar-refractivity contribution >= 4 is 34.9 Å². The van der Waals surface area contributed by atoms with Gasteiger partial charge < -0.3 is 0 Å². The third kappa shape index (κ3) is 5.94. The molecule has 0 aromatic heterocycles. The fourth-order valence-corrected chi connectivity index (χ4v) is 4.70. The number of halogens is 10. The highest BCUT2D eigenvalue weighted by Crippen LogP contribution is 2.40. The number of benzene rings is 3. The molecule has 1 aliphatic rings. The zero-order chi connectivity index (χ0) is 31.3. The summed E-state index contributed by atoms with van der Waals surface area (Å²) in [5, 5.41) is 3.90. The summed E-state index contributed by atoms with van der Waals surface area (Å²) < 4.78 is 120. The van der Waals surface area contributed by atoms with Gasteiger partial charge >= 0.3 is 30.5 Å². The van der Waals surface area contributed by atoms with Crippen molar-refractivity contribution in [1.82, 2.24) is 5.01 Å². The topological polar surface area (TPSA) is 53.0 Å². The Bertz CT molecular complexity index is 1540. The number of carbonyl (C=O) groups excluding carboxylic acids is 2. The lowest BCUT2D eigenvalue weighted by Gasteiger charge is -2.29. The second-order valence-electron chi connectivity index (χ2n) is 9.36. The van der Waals surface area contributed by atoms with Crippen molar-refractivity contribution < 1.29 is 49.1 Å². The van der Waals surface area contributed by atoms with Gasteiger partial charge in [0.05, 0.1) is 39.5 Å². The summed E-state index contributed by atoms with van der Waals surface area (Å²) in [7, 11) is 0. The Morgan fingerprint density at radius 2 is 1.45 bits per heavy atom. The first kappa shape index (κ1) is 30.9. The minimum atomic E-state index is -5.62. The number of imide groups is 1. The van der Waals surface area contributed by atoms with E-state index < -0.39 is 64.3 Å². The Labute approximate surface area is 236 Å². The summed E-state index contributed by atoms with van der Waals surface area (Å²) in [6.45, 7) is 1.03. The van der Waals surface area contributed by atoms with Crippen LogP contribution in [0.5, 0.6) is 0 Å². The number of alkyl halides is 9. The zero-order valence-corrected chi connectivity index (χ0v) is 21.8. The van der Waals surface area contributed by atoms with Crippen molar-refractivity contribution in [2.75, 3.05) is 11.4 Å². The smallest absolute Gasteiger partial charge is 0.263 e. The molecule has 4 rings (SSSR count). The number of hydrazone groups is 1. The molecule has 0 spiro atoms. The molecule has 5 nitrogen and oxygen atoms in total. The first-order chi connectivity index (χ1) is 19.3. The van der Waals surface area contributed by atoms with Crippen LogP contribution in [0.3, 0.4) is 0 Å². The van der Waals surface area contributed by atoms with E-state index in [2.05, 4.69) is 5.10 Å². The average molecular weight is 622 g/mol. The summed E-state index contributed by atoms with van der Waals surface area (Å²) in [4.78, 5) is 25.5. The number of urea groups is 1. The van der Waals surface area contributed by atoms with Crippen LogP contribution in [0.15, 0.2) is 77.9 Å². The van der Waals surface area contributed by atoms with Gasteiger partial charge in [-0.2, -0.15) is 44.6 Å². The van der Waals surface area contributed by atoms with Crippen molar-refractivity contribution in [1.29, 1.82) is 0 Å². The fraction of sp³-hybridized carbons (Fsp3) is 0.222. The van der Waals surface area contributed by atoms with Crippen molar-refractivity contribution in [2.45, 2.75) is 30.9 Å². The van der Waals surface area contributed by atoms with E-state index in [1.54, 1.807) is 30.3 Å². The molecule has 42 heavy (non-hydrogen) atoms. The standard InChI is InChI=1S/C27H17ClF9N3O2/c1-24(16-5-3-2-4-6-16)14-39(38-21(24)15-7-12-19(20(28)13-15)26(32,33)34)23(42)40(22(41)27(35,36)37)18-10-8-17(9-11-18)25(29,30)31/h2-13H,14H2,1H3. The van der Waals surface area contributed by atoms with E-state index in [0.29, 0.717) is 40.9 Å². The quantitative estimate of drug-likeness (QED) is 0.278. The second kappa shape index (κ2) is 10.6. The molecule has 1 heterocycles. The third-order valence-electron chi connectivity index (χ3n) is 6.48. The van der Waals surface area contributed by atoms with Gasteiger partial charge in [0.1, 0.15) is 0 Å². The van der Waals surface area contributed by atoms with Gasteiger partial charge in [0.15, 0.2) is 0 Å². The Balaban J connectivity index is 1.83. The van der Waals surface area contributed by atoms with Crippen LogP contribution < -0.4 is 4.90 Å². The SMILES string of the molecule is CC1(c2ccccc2)CN(C(=O)N(C(=O)C(F)(F)F)c2ccc(C(F)(F)F)cc2)N=C1c1ccc(C(F)(F)F)c(Cl)c1. The Morgan fingerprint density at radius 3 is 1.95 bits per heavy atom. The summed E-state index contributed by atoms with van der Waals surface area (Å²) in [6, 6.07) is 10.8. The molecule has 0 bridgehead atoms. The molecular formula is C27H17ClF9N3O2. The van der Waals surface area contributed by atoms with Gasteiger partial charge in [-0.3, -0.25) is 4.79 Å². The minimum Gasteiger partial charge on any atom is -0.263 e. The molecule has 222 valence electrons. The second-order valence-corrected chi connectivity index (χ2v) is 9.77. The van der Waals surface area contributed by atoms with E-state index >= 15 is 0 Å². The third-order valence-corrected chi connectivity index (χ3v) is 6.79. The number of anilines is 1. The normalized spacial score (nSPS) is 17.7. The highest BCUT2D eigenvalue weighted by Gasteiger charge is 2.50. The molecule has 0 saturated carbocycles. The van der Waals surface area contributed by atoms with E-state index in [1.165, 1.54) is 6.92 Å². The maximum atomic E-state index is 13.6. The van der Waals surface area contributed by atoms with Crippen LogP contribution in [0.2, 0.25) is 5.02 Å². The Morgan fingerprint density at radius 1 is 0.857 bits per heavy atom. The molecule has 0 aliphatic carbocycles. The molecule has 0 saturated heterocycles. The number of rotatable bonds is 3. The van der Waals surface area contributed by atoms with Gasteiger partial charge in [-0.15, -0.1) is 0 Å². The predicted molar refractivity (Wildman–Crippen MR) is 134 cm³/mol. The van der Waals surface area contributed by atoms with Crippen molar-refractivity contribution in [2.24, 2.45) is 5.10 Å². The molecule has 3 aromatic carbocycles. The zero-order valence-electron chi connectivity index (χ0n) is 21.1. The maximum absolute atomic E-state index is 13.6. The van der Waals surface area contributed by atoms with E-state index in [0.717, 1.165) is 12.1 Å². The van der Waals surface area contributed by atoms with Gasteiger partial charge in [0.25, 0.3) is 0 Å². The van der Waals surface area contributed by atoms with Gasteiger partial charge in [0.2, 0.25) is 0 Å². The number of hydrogen-bond donors (Lipinski definition) is 0. The van der Waals surface area contributed by atoms with Crippen LogP contribution >= 0.6 is 11.6 Å². The van der Waals surface area contributed by atoms with Gasteiger partial charge in [-0.05, 0) is 48.9 Å². The highest BCUT2D eigenvalue weighted by molar-refractivity contribution is 6.32. The predicted octanol–water partition coefficient (Wildman–Crippen LogP) is 8.07. The summed E-state index contributed by atoms with van der Waals surface area (Å²) in [5.41, 5.74) is -4.17. The van der Waals surface area contributed by atoms with Crippen LogP contribution in [0.4, 0.5) is 50.0 Å². The summed E-state index contributed by atoms with van der Waals surface area (Å²) in [5.74, 6) is -2.70. The molecule has 0 fully saturated rings. The van der Waals surface area contributed by atoms with Crippen LogP contribution in [0.25, 0.3) is 0 Å². The number of nitrogens with zero attached hydrogens (tertiary/aromatic N) is 3. The van der Waals surface area contributed by atoms with Gasteiger partial charge in [-0.1, -0.05) is 48.0 Å². The van der Waals surface area contributed by atoms with Crippen LogP contribution in [-0.4, -0.2) is 35.4 Å². The van der Waals surface area contributed by atoms with E-state index in [-0.39, 0.29) is 16.2 Å². The summed E-state index contributed by atoms with van der Waals surface area (Å²) in [6.07, 6.45) is -15.3. The molecule has 15 heteroatoms. The minimum absolute atomic E-state index is 0.00196. The first-order valence-corrected chi connectivity index (χ1v) is 12.1. The number of hydrogen-bond acceptors (Lipinski definition) is 3. The maximum Gasteiger partial charge on any atom is 0.472 e. The molecule has 1 atom stereocenters. The van der Waals surface area contributed by atoms with Crippen LogP contribution in [0, 0.1) is 0 Å².